The van der Waals surface area contributed by atoms with Gasteiger partial charge in [-0.2, -0.15) is 0 Å². The van der Waals surface area contributed by atoms with Crippen LogP contribution < -0.4 is 25.0 Å². The number of amides is 4. The molecule has 10 nitrogen and oxygen atoms in total. The lowest BCUT2D eigenvalue weighted by Crippen LogP contribution is -2.38. The van der Waals surface area contributed by atoms with Crippen LogP contribution in [0.2, 0.25) is 0 Å². The second-order valence-electron chi connectivity index (χ2n) is 9.49. The highest BCUT2D eigenvalue weighted by atomic mass is 32.2. The molecule has 6 rings (SSSR count). The topological polar surface area (TPSA) is 125 Å². The number of rotatable bonds is 7. The van der Waals surface area contributed by atoms with Crippen LogP contribution in [0.15, 0.2) is 72.2 Å². The van der Waals surface area contributed by atoms with Gasteiger partial charge in [-0.05, 0) is 61.1 Å². The third kappa shape index (κ3) is 4.91. The fourth-order valence-corrected chi connectivity index (χ4v) is 7.57. The van der Waals surface area contributed by atoms with Gasteiger partial charge in [-0.1, -0.05) is 24.8 Å². The number of nitrogens with zero attached hydrogens (tertiary/aromatic N) is 3. The van der Waals surface area contributed by atoms with Crippen molar-refractivity contribution in [3.63, 3.8) is 0 Å². The van der Waals surface area contributed by atoms with E-state index in [9.17, 15) is 14.4 Å². The molecule has 1 saturated carbocycles. The van der Waals surface area contributed by atoms with Crippen molar-refractivity contribution in [2.75, 3.05) is 9.62 Å². The molecule has 0 spiro atoms. The van der Waals surface area contributed by atoms with Gasteiger partial charge in [-0.25, -0.2) is 19.1 Å². The summed E-state index contributed by atoms with van der Waals surface area (Å²) < 4.78 is 7.52. The Morgan fingerprint density at radius 1 is 1.20 bits per heavy atom. The molecule has 4 amide bonds. The standard InChI is InChI=1S/C28H26N6O4S2/c1-3-21(35)31-17-9-10-18(14-17)32-26(36)25-24-23-20(11-12-29-27(23)39-25)34(28(37)33-24)40-15-30-22(13-16(40)2)38-19-7-5-4-6-8-19/h3-8,11-13,15,17-18H,1,9-10,14H2,2H3,(H,31,35)(H,32,36)(H,33,37)/t17-,18+,40?/m1/s1. The summed E-state index contributed by atoms with van der Waals surface area (Å²) in [6.45, 7) is 5.42. The molecule has 2 aromatic heterocycles. The van der Waals surface area contributed by atoms with Gasteiger partial charge < -0.3 is 20.7 Å². The lowest BCUT2D eigenvalue weighted by atomic mass is 10.2. The number of hydrogen-bond acceptors (Lipinski definition) is 7. The summed E-state index contributed by atoms with van der Waals surface area (Å²) in [7, 11) is -0.789. The first-order valence-corrected chi connectivity index (χ1v) is 14.8. The van der Waals surface area contributed by atoms with Crippen LogP contribution >= 0.6 is 22.0 Å². The van der Waals surface area contributed by atoms with Crippen molar-refractivity contribution in [2.45, 2.75) is 38.3 Å². The summed E-state index contributed by atoms with van der Waals surface area (Å²) in [6, 6.07) is 10.7. The first kappa shape index (κ1) is 26.0. The molecule has 0 radical (unpaired) electrons. The fourth-order valence-electron chi connectivity index (χ4n) is 4.98. The molecule has 40 heavy (non-hydrogen) atoms. The number of ether oxygens (including phenoxy) is 1. The van der Waals surface area contributed by atoms with E-state index in [1.807, 2.05) is 43.3 Å². The molecule has 1 aromatic carbocycles. The molecular weight excluding hydrogens is 548 g/mol. The van der Waals surface area contributed by atoms with Crippen molar-refractivity contribution in [1.82, 2.24) is 15.6 Å². The quantitative estimate of drug-likeness (QED) is 0.272. The minimum atomic E-state index is -0.789. The number of thiophene rings is 1. The van der Waals surface area contributed by atoms with Gasteiger partial charge in [-0.15, -0.1) is 11.3 Å². The number of carbonyl (C=O) groups excluding carboxylic acids is 3. The van der Waals surface area contributed by atoms with Gasteiger partial charge in [0.2, 0.25) is 11.8 Å². The van der Waals surface area contributed by atoms with E-state index in [0.717, 1.165) is 23.1 Å². The number of hydrogen-bond donors (Lipinski definition) is 3. The van der Waals surface area contributed by atoms with Gasteiger partial charge in [0.15, 0.2) is 0 Å². The largest absolute Gasteiger partial charge is 0.439 e. The second-order valence-corrected chi connectivity index (χ2v) is 12.3. The van der Waals surface area contributed by atoms with Crippen molar-refractivity contribution in [3.8, 4) is 5.75 Å². The van der Waals surface area contributed by atoms with E-state index in [4.69, 9.17) is 4.74 Å². The van der Waals surface area contributed by atoms with Gasteiger partial charge in [0.25, 0.3) is 5.91 Å². The Kier molecular flexibility index (Phi) is 6.95. The van der Waals surface area contributed by atoms with Crippen LogP contribution in [0.4, 0.5) is 16.2 Å². The number of nitrogens with one attached hydrogen (secondary N) is 3. The summed E-state index contributed by atoms with van der Waals surface area (Å²) in [4.78, 5) is 49.4. The first-order chi connectivity index (χ1) is 19.4. The van der Waals surface area contributed by atoms with Gasteiger partial charge in [0.1, 0.15) is 15.5 Å². The van der Waals surface area contributed by atoms with Gasteiger partial charge >= 0.3 is 6.03 Å². The molecular formula is C28H26N6O4S2. The summed E-state index contributed by atoms with van der Waals surface area (Å²) in [5, 5.41) is 9.64. The van der Waals surface area contributed by atoms with E-state index in [1.54, 1.807) is 22.1 Å². The van der Waals surface area contributed by atoms with Crippen LogP contribution in [-0.4, -0.2) is 45.3 Å². The molecule has 3 aliphatic rings. The van der Waals surface area contributed by atoms with Crippen molar-refractivity contribution in [3.05, 3.63) is 72.1 Å². The first-order valence-electron chi connectivity index (χ1n) is 12.7. The zero-order valence-electron chi connectivity index (χ0n) is 21.5. The average Bonchev–Trinajstić information content (AvgIpc) is 3.55. The van der Waals surface area contributed by atoms with Crippen LogP contribution in [0.5, 0.6) is 5.75 Å². The number of benzene rings is 1. The zero-order chi connectivity index (χ0) is 27.8. The van der Waals surface area contributed by atoms with E-state index < -0.39 is 10.7 Å². The second kappa shape index (κ2) is 10.7. The number of carbonyl (C=O) groups is 3. The number of urea groups is 1. The number of para-hydroxylation sites is 1. The number of anilines is 2. The van der Waals surface area contributed by atoms with Crippen molar-refractivity contribution < 1.29 is 19.1 Å². The van der Waals surface area contributed by atoms with Crippen LogP contribution in [0, 0.1) is 0 Å². The minimum Gasteiger partial charge on any atom is -0.439 e. The lowest BCUT2D eigenvalue weighted by molar-refractivity contribution is -0.117. The van der Waals surface area contributed by atoms with E-state index >= 15 is 0 Å². The predicted octanol–water partition coefficient (Wildman–Crippen LogP) is 4.94. The maximum absolute atomic E-state index is 13.5. The SMILES string of the molecule is C=CC(=O)N[C@@H]1CC[C@H](NC(=O)c2sc3nccc4c3c2NC(=O)N4S2=C(C)C=C(Oc3ccccc3)N=C2)C1. The predicted molar refractivity (Wildman–Crippen MR) is 160 cm³/mol. The molecule has 1 fully saturated rings. The van der Waals surface area contributed by atoms with Crippen molar-refractivity contribution in [2.24, 2.45) is 4.99 Å². The Balaban J connectivity index is 1.26. The highest BCUT2D eigenvalue weighted by Crippen LogP contribution is 2.47. The Morgan fingerprint density at radius 3 is 2.73 bits per heavy atom. The van der Waals surface area contributed by atoms with Crippen LogP contribution in [0.1, 0.15) is 35.9 Å². The monoisotopic (exact) mass is 574 g/mol. The third-order valence-electron chi connectivity index (χ3n) is 6.81. The zero-order valence-corrected chi connectivity index (χ0v) is 23.2. The Morgan fingerprint density at radius 2 is 1.98 bits per heavy atom. The molecule has 3 aromatic rings. The Hall–Kier alpha value is -4.29. The van der Waals surface area contributed by atoms with E-state index in [2.05, 4.69) is 32.5 Å². The van der Waals surface area contributed by atoms with Crippen molar-refractivity contribution in [1.29, 1.82) is 0 Å². The van der Waals surface area contributed by atoms with Crippen molar-refractivity contribution >= 4 is 71.9 Å². The molecule has 1 aliphatic carbocycles. The molecule has 0 saturated heterocycles. The minimum absolute atomic E-state index is 0.0108. The van der Waals surface area contributed by atoms with Gasteiger partial charge in [0.05, 0.1) is 22.3 Å². The van der Waals surface area contributed by atoms with Crippen LogP contribution in [0.25, 0.3) is 10.2 Å². The van der Waals surface area contributed by atoms with Gasteiger partial charge in [0, 0.05) is 29.2 Å². The molecule has 4 heterocycles. The third-order valence-corrected chi connectivity index (χ3v) is 9.74. The molecule has 3 atom stereocenters. The molecule has 12 heteroatoms. The molecule has 3 N–H and O–H groups in total. The molecule has 2 aliphatic heterocycles. The number of aromatic nitrogens is 1. The highest BCUT2D eigenvalue weighted by Gasteiger charge is 2.35. The Bertz CT molecular complexity index is 1640. The number of pyridine rings is 1. The average molecular weight is 575 g/mol. The normalized spacial score (nSPS) is 21.6. The number of aliphatic imine (C=N–C) groups is 1. The summed E-state index contributed by atoms with van der Waals surface area (Å²) >= 11 is 1.25. The summed E-state index contributed by atoms with van der Waals surface area (Å²) in [6.07, 6.45) is 6.88. The van der Waals surface area contributed by atoms with Crippen LogP contribution in [0.3, 0.4) is 0 Å². The lowest BCUT2D eigenvalue weighted by Gasteiger charge is -2.31. The number of allylic oxidation sites excluding steroid dienone is 1. The summed E-state index contributed by atoms with van der Waals surface area (Å²) in [5.74, 6) is 0.630. The highest BCUT2D eigenvalue weighted by molar-refractivity contribution is 8.28. The Labute approximate surface area is 236 Å². The smallest absolute Gasteiger partial charge is 0.336 e. The molecule has 0 bridgehead atoms. The van der Waals surface area contributed by atoms with E-state index in [-0.39, 0.29) is 29.9 Å². The fraction of sp³-hybridized carbons (Fsp3) is 0.214. The van der Waals surface area contributed by atoms with E-state index in [1.165, 1.54) is 17.4 Å². The van der Waals surface area contributed by atoms with Gasteiger partial charge in [-0.3, -0.25) is 9.59 Å². The molecule has 1 unspecified atom stereocenters. The molecule has 204 valence electrons. The maximum Gasteiger partial charge on any atom is 0.336 e. The summed E-state index contributed by atoms with van der Waals surface area (Å²) in [5.41, 5.74) is 2.85. The maximum atomic E-state index is 13.5. The van der Waals surface area contributed by atoms with Crippen LogP contribution in [-0.2, 0) is 4.79 Å². The van der Waals surface area contributed by atoms with E-state index in [0.29, 0.717) is 39.1 Å².